The monoisotopic (exact) mass is 163 g/mol. The van der Waals surface area contributed by atoms with Crippen LogP contribution in [0.5, 0.6) is 0 Å². The molecule has 12 heavy (non-hydrogen) atoms. The zero-order valence-corrected chi connectivity index (χ0v) is 7.13. The molecule has 0 bridgehead atoms. The standard InChI is InChI=1S/C10H10FN/c1-7(2)10-8(11)5-4-6-9(10)12-3/h4-7H,1-2H3. The molecule has 0 N–H and O–H groups in total. The van der Waals surface area contributed by atoms with Gasteiger partial charge in [0.1, 0.15) is 5.82 Å². The molecule has 1 aromatic rings. The molecule has 0 amide bonds. The van der Waals surface area contributed by atoms with Crippen molar-refractivity contribution in [1.29, 1.82) is 0 Å². The van der Waals surface area contributed by atoms with Gasteiger partial charge in [0, 0.05) is 0 Å². The third-order valence-corrected chi connectivity index (χ3v) is 1.73. The summed E-state index contributed by atoms with van der Waals surface area (Å²) in [7, 11) is 0. The Hall–Kier alpha value is -1.36. The van der Waals surface area contributed by atoms with Crippen LogP contribution in [0.1, 0.15) is 25.3 Å². The van der Waals surface area contributed by atoms with Gasteiger partial charge in [0.25, 0.3) is 0 Å². The van der Waals surface area contributed by atoms with Crippen LogP contribution in [0.3, 0.4) is 0 Å². The molecule has 62 valence electrons. The first-order valence-corrected chi connectivity index (χ1v) is 3.82. The lowest BCUT2D eigenvalue weighted by molar-refractivity contribution is 0.600. The summed E-state index contributed by atoms with van der Waals surface area (Å²) in [5.41, 5.74) is 0.942. The van der Waals surface area contributed by atoms with E-state index in [1.54, 1.807) is 12.1 Å². The van der Waals surface area contributed by atoms with E-state index in [0.717, 1.165) is 0 Å². The third kappa shape index (κ3) is 1.45. The van der Waals surface area contributed by atoms with Crippen LogP contribution in [0.25, 0.3) is 4.85 Å². The van der Waals surface area contributed by atoms with Crippen molar-refractivity contribution in [2.24, 2.45) is 0 Å². The van der Waals surface area contributed by atoms with Gasteiger partial charge in [0.2, 0.25) is 0 Å². The van der Waals surface area contributed by atoms with Crippen LogP contribution in [-0.4, -0.2) is 0 Å². The molecule has 0 aliphatic rings. The molecule has 0 heterocycles. The second kappa shape index (κ2) is 3.36. The van der Waals surface area contributed by atoms with E-state index in [4.69, 9.17) is 6.57 Å². The molecule has 0 atom stereocenters. The maximum absolute atomic E-state index is 13.1. The average molecular weight is 163 g/mol. The third-order valence-electron chi connectivity index (χ3n) is 1.73. The average Bonchev–Trinajstić information content (AvgIpc) is 2.03. The van der Waals surface area contributed by atoms with Gasteiger partial charge in [0.05, 0.1) is 6.57 Å². The second-order valence-electron chi connectivity index (χ2n) is 2.94. The molecule has 0 spiro atoms. The minimum atomic E-state index is -0.279. The molecule has 0 saturated carbocycles. The smallest absolute Gasteiger partial charge is 0.193 e. The van der Waals surface area contributed by atoms with Gasteiger partial charge in [-0.05, 0) is 17.5 Å². The number of nitrogens with zero attached hydrogens (tertiary/aromatic N) is 1. The quantitative estimate of drug-likeness (QED) is 0.558. The molecule has 2 heteroatoms. The summed E-state index contributed by atoms with van der Waals surface area (Å²) in [5, 5.41) is 0. The lowest BCUT2D eigenvalue weighted by atomic mass is 10.0. The fraction of sp³-hybridized carbons (Fsp3) is 0.300. The number of benzene rings is 1. The van der Waals surface area contributed by atoms with E-state index in [1.165, 1.54) is 6.07 Å². The number of rotatable bonds is 1. The normalized spacial score (nSPS) is 9.92. The lowest BCUT2D eigenvalue weighted by Crippen LogP contribution is -1.92. The van der Waals surface area contributed by atoms with Crippen LogP contribution in [0.2, 0.25) is 0 Å². The number of hydrogen-bond acceptors (Lipinski definition) is 0. The molecular weight excluding hydrogens is 153 g/mol. The van der Waals surface area contributed by atoms with Gasteiger partial charge >= 0.3 is 0 Å². The van der Waals surface area contributed by atoms with E-state index in [2.05, 4.69) is 4.85 Å². The van der Waals surface area contributed by atoms with E-state index in [0.29, 0.717) is 11.3 Å². The predicted octanol–water partition coefficient (Wildman–Crippen LogP) is 3.50. The lowest BCUT2D eigenvalue weighted by Gasteiger charge is -2.08. The van der Waals surface area contributed by atoms with Crippen LogP contribution in [0, 0.1) is 12.4 Å². The van der Waals surface area contributed by atoms with Crippen molar-refractivity contribution >= 4 is 5.69 Å². The van der Waals surface area contributed by atoms with E-state index < -0.39 is 0 Å². The Morgan fingerprint density at radius 3 is 2.50 bits per heavy atom. The Kier molecular flexibility index (Phi) is 2.44. The summed E-state index contributed by atoms with van der Waals surface area (Å²) in [6.45, 7) is 10.6. The molecular formula is C10H10FN. The van der Waals surface area contributed by atoms with Crippen LogP contribution < -0.4 is 0 Å². The molecule has 1 rings (SSSR count). The Balaban J connectivity index is 3.32. The molecule has 0 aliphatic carbocycles. The largest absolute Gasteiger partial charge is 0.238 e. The van der Waals surface area contributed by atoms with Crippen molar-refractivity contribution in [3.8, 4) is 0 Å². The van der Waals surface area contributed by atoms with Crippen molar-refractivity contribution in [3.63, 3.8) is 0 Å². The second-order valence-corrected chi connectivity index (χ2v) is 2.94. The van der Waals surface area contributed by atoms with Crippen LogP contribution in [0.15, 0.2) is 18.2 Å². The molecule has 1 nitrogen and oxygen atoms in total. The van der Waals surface area contributed by atoms with Gasteiger partial charge in [-0.1, -0.05) is 26.0 Å². The van der Waals surface area contributed by atoms with E-state index in [-0.39, 0.29) is 11.7 Å². The Labute approximate surface area is 71.7 Å². The Morgan fingerprint density at radius 2 is 2.08 bits per heavy atom. The van der Waals surface area contributed by atoms with Gasteiger partial charge in [-0.15, -0.1) is 0 Å². The summed E-state index contributed by atoms with van der Waals surface area (Å²) in [4.78, 5) is 3.26. The molecule has 1 aromatic carbocycles. The van der Waals surface area contributed by atoms with Gasteiger partial charge < -0.3 is 0 Å². The first-order chi connectivity index (χ1) is 5.66. The number of hydrogen-bond donors (Lipinski definition) is 0. The SMILES string of the molecule is [C-]#[N+]c1cccc(F)c1C(C)C. The molecule has 0 fully saturated rings. The number of halogens is 1. The van der Waals surface area contributed by atoms with Crippen molar-refractivity contribution in [2.45, 2.75) is 19.8 Å². The Bertz CT molecular complexity index is 323. The minimum absolute atomic E-state index is 0.0651. The first-order valence-electron chi connectivity index (χ1n) is 3.82. The Morgan fingerprint density at radius 1 is 1.42 bits per heavy atom. The maximum Gasteiger partial charge on any atom is 0.193 e. The first kappa shape index (κ1) is 8.73. The molecule has 0 saturated heterocycles. The highest BCUT2D eigenvalue weighted by Crippen LogP contribution is 2.28. The van der Waals surface area contributed by atoms with E-state index >= 15 is 0 Å². The van der Waals surface area contributed by atoms with Crippen molar-refractivity contribution in [2.75, 3.05) is 0 Å². The fourth-order valence-electron chi connectivity index (χ4n) is 1.19. The van der Waals surface area contributed by atoms with E-state index in [9.17, 15) is 4.39 Å². The molecule has 0 aromatic heterocycles. The maximum atomic E-state index is 13.1. The minimum Gasteiger partial charge on any atom is -0.238 e. The van der Waals surface area contributed by atoms with Gasteiger partial charge in [0.15, 0.2) is 5.69 Å². The van der Waals surface area contributed by atoms with Gasteiger partial charge in [-0.3, -0.25) is 0 Å². The molecule has 0 radical (unpaired) electrons. The van der Waals surface area contributed by atoms with Gasteiger partial charge in [-0.2, -0.15) is 0 Å². The fourth-order valence-corrected chi connectivity index (χ4v) is 1.19. The van der Waals surface area contributed by atoms with Gasteiger partial charge in [-0.25, -0.2) is 9.24 Å². The molecule has 0 unspecified atom stereocenters. The topological polar surface area (TPSA) is 4.36 Å². The summed E-state index contributed by atoms with van der Waals surface area (Å²) < 4.78 is 13.1. The van der Waals surface area contributed by atoms with Crippen LogP contribution >= 0.6 is 0 Å². The van der Waals surface area contributed by atoms with Crippen LogP contribution in [0.4, 0.5) is 10.1 Å². The zero-order valence-electron chi connectivity index (χ0n) is 7.13. The highest BCUT2D eigenvalue weighted by molar-refractivity contribution is 5.53. The van der Waals surface area contributed by atoms with E-state index in [1.807, 2.05) is 13.8 Å². The predicted molar refractivity (Wildman–Crippen MR) is 46.8 cm³/mol. The summed E-state index contributed by atoms with van der Waals surface area (Å²) in [6, 6.07) is 4.60. The van der Waals surface area contributed by atoms with Crippen molar-refractivity contribution < 1.29 is 4.39 Å². The zero-order chi connectivity index (χ0) is 9.14. The highest BCUT2D eigenvalue weighted by atomic mass is 19.1. The van der Waals surface area contributed by atoms with Crippen LogP contribution in [-0.2, 0) is 0 Å². The van der Waals surface area contributed by atoms with Crippen molar-refractivity contribution in [3.05, 3.63) is 41.0 Å². The summed E-state index contributed by atoms with van der Waals surface area (Å²) >= 11 is 0. The summed E-state index contributed by atoms with van der Waals surface area (Å²) in [6.07, 6.45) is 0. The summed E-state index contributed by atoms with van der Waals surface area (Å²) in [5.74, 6) is -0.214. The van der Waals surface area contributed by atoms with Crippen molar-refractivity contribution in [1.82, 2.24) is 0 Å². The highest BCUT2D eigenvalue weighted by Gasteiger charge is 2.10. The molecule has 0 aliphatic heterocycles.